The topological polar surface area (TPSA) is 15.3 Å². The van der Waals surface area contributed by atoms with E-state index in [0.717, 1.165) is 29.0 Å². The van der Waals surface area contributed by atoms with Crippen molar-refractivity contribution in [2.45, 2.75) is 50.7 Å². The Morgan fingerprint density at radius 2 is 1.80 bits per heavy atom. The highest BCUT2D eigenvalue weighted by Crippen LogP contribution is 2.37. The Balaban J connectivity index is 1.51. The number of hydrogen-bond acceptors (Lipinski definition) is 2. The van der Waals surface area contributed by atoms with Crippen molar-refractivity contribution in [2.24, 2.45) is 5.92 Å². The normalized spacial score (nSPS) is 31.4. The van der Waals surface area contributed by atoms with Crippen LogP contribution in [0.1, 0.15) is 44.2 Å². The molecule has 2 nitrogen and oxygen atoms in total. The Morgan fingerprint density at radius 3 is 2.40 bits per heavy atom. The predicted molar refractivity (Wildman–Crippen MR) is 87.9 cm³/mol. The molecular formula is C17H25BrN2. The highest BCUT2D eigenvalue weighted by molar-refractivity contribution is 9.10. The quantitative estimate of drug-likeness (QED) is 0.894. The number of halogens is 1. The summed E-state index contributed by atoms with van der Waals surface area (Å²) in [7, 11) is 2.32. The van der Waals surface area contributed by atoms with E-state index < -0.39 is 0 Å². The van der Waals surface area contributed by atoms with Gasteiger partial charge in [-0.3, -0.25) is 0 Å². The Bertz CT molecular complexity index is 431. The highest BCUT2D eigenvalue weighted by atomic mass is 79.9. The molecule has 3 atom stereocenters. The van der Waals surface area contributed by atoms with Gasteiger partial charge in [0, 0.05) is 22.6 Å². The first kappa shape index (κ1) is 14.6. The summed E-state index contributed by atoms with van der Waals surface area (Å²) in [5, 5.41) is 3.74. The smallest absolute Gasteiger partial charge is 0.0291 e. The number of nitrogens with zero attached hydrogens (tertiary/aromatic N) is 1. The fourth-order valence-electron chi connectivity index (χ4n) is 3.90. The highest BCUT2D eigenvalue weighted by Gasteiger charge is 2.38. The number of hydrogen-bond donors (Lipinski definition) is 1. The van der Waals surface area contributed by atoms with Gasteiger partial charge in [-0.15, -0.1) is 0 Å². The summed E-state index contributed by atoms with van der Waals surface area (Å²) in [4.78, 5) is 2.62. The van der Waals surface area contributed by atoms with Crippen LogP contribution < -0.4 is 5.32 Å². The first-order chi connectivity index (χ1) is 9.63. The lowest BCUT2D eigenvalue weighted by molar-refractivity contribution is 0.131. The Hall–Kier alpha value is -0.380. The van der Waals surface area contributed by atoms with Gasteiger partial charge in [0.25, 0.3) is 0 Å². The van der Waals surface area contributed by atoms with Gasteiger partial charge < -0.3 is 10.2 Å². The summed E-state index contributed by atoms with van der Waals surface area (Å²) in [6.07, 6.45) is 5.60. The Morgan fingerprint density at radius 1 is 1.20 bits per heavy atom. The standard InChI is InChI=1S/C17H25BrN2/c1-12(14-3-5-15(18)6-4-14)19-11-13-9-16-7-8-17(10-13)20(16)2/h3-6,12-13,16-17,19H,7-11H2,1-2H3. The minimum atomic E-state index is 0.445. The lowest BCUT2D eigenvalue weighted by Gasteiger charge is -2.36. The molecule has 1 aromatic rings. The van der Waals surface area contributed by atoms with Crippen molar-refractivity contribution in [3.05, 3.63) is 34.3 Å². The van der Waals surface area contributed by atoms with E-state index in [2.05, 4.69) is 64.4 Å². The van der Waals surface area contributed by atoms with Crippen molar-refractivity contribution in [2.75, 3.05) is 13.6 Å². The second kappa shape index (κ2) is 6.17. The van der Waals surface area contributed by atoms with Gasteiger partial charge in [-0.25, -0.2) is 0 Å². The van der Waals surface area contributed by atoms with Crippen molar-refractivity contribution >= 4 is 15.9 Å². The van der Waals surface area contributed by atoms with Gasteiger partial charge in [0.1, 0.15) is 0 Å². The molecule has 0 aromatic heterocycles. The zero-order valence-electron chi connectivity index (χ0n) is 12.5. The number of nitrogens with one attached hydrogen (secondary N) is 1. The zero-order chi connectivity index (χ0) is 14.1. The molecule has 20 heavy (non-hydrogen) atoms. The number of benzene rings is 1. The van der Waals surface area contributed by atoms with Crippen LogP contribution in [0.2, 0.25) is 0 Å². The van der Waals surface area contributed by atoms with Crippen molar-refractivity contribution in [1.82, 2.24) is 10.2 Å². The maximum atomic E-state index is 3.74. The molecule has 1 aromatic carbocycles. The SMILES string of the molecule is CC(NCC1CC2CCC(C1)N2C)c1ccc(Br)cc1. The van der Waals surface area contributed by atoms with Crippen molar-refractivity contribution in [3.63, 3.8) is 0 Å². The van der Waals surface area contributed by atoms with Crippen LogP contribution in [0.15, 0.2) is 28.7 Å². The lowest BCUT2D eigenvalue weighted by atomic mass is 9.90. The van der Waals surface area contributed by atoms with Crippen molar-refractivity contribution in [3.8, 4) is 0 Å². The summed E-state index contributed by atoms with van der Waals surface area (Å²) >= 11 is 3.50. The average molecular weight is 337 g/mol. The van der Waals surface area contributed by atoms with E-state index in [4.69, 9.17) is 0 Å². The molecule has 3 rings (SSSR count). The lowest BCUT2D eigenvalue weighted by Crippen LogP contribution is -2.42. The van der Waals surface area contributed by atoms with Crippen LogP contribution in [0.25, 0.3) is 0 Å². The molecule has 2 bridgehead atoms. The second-order valence-corrected chi connectivity index (χ2v) is 7.49. The van der Waals surface area contributed by atoms with E-state index in [9.17, 15) is 0 Å². The number of piperidine rings is 1. The van der Waals surface area contributed by atoms with Crippen molar-refractivity contribution in [1.29, 1.82) is 0 Å². The first-order valence-electron chi connectivity index (χ1n) is 7.84. The molecule has 2 aliphatic rings. The number of fused-ring (bicyclic) bond motifs is 2. The third-order valence-electron chi connectivity index (χ3n) is 5.28. The largest absolute Gasteiger partial charge is 0.310 e. The van der Waals surface area contributed by atoms with Crippen molar-refractivity contribution < 1.29 is 0 Å². The summed E-state index contributed by atoms with van der Waals surface area (Å²) in [5.41, 5.74) is 1.38. The molecule has 2 aliphatic heterocycles. The van der Waals surface area contributed by atoms with Crippen LogP contribution in [0.3, 0.4) is 0 Å². The number of rotatable bonds is 4. The van der Waals surface area contributed by atoms with Crippen LogP contribution in [-0.4, -0.2) is 30.6 Å². The van der Waals surface area contributed by atoms with Crippen LogP contribution in [0.5, 0.6) is 0 Å². The van der Waals surface area contributed by atoms with Crippen LogP contribution in [0, 0.1) is 5.92 Å². The fourth-order valence-corrected chi connectivity index (χ4v) is 4.17. The van der Waals surface area contributed by atoms with E-state index >= 15 is 0 Å². The molecular weight excluding hydrogens is 312 g/mol. The third kappa shape index (κ3) is 3.10. The molecule has 0 amide bonds. The maximum Gasteiger partial charge on any atom is 0.0291 e. The summed E-state index contributed by atoms with van der Waals surface area (Å²) < 4.78 is 1.15. The monoisotopic (exact) mass is 336 g/mol. The van der Waals surface area contributed by atoms with Crippen LogP contribution in [-0.2, 0) is 0 Å². The molecule has 0 saturated carbocycles. The van der Waals surface area contributed by atoms with E-state index in [1.165, 1.54) is 31.2 Å². The van der Waals surface area contributed by atoms with Gasteiger partial charge in [0.15, 0.2) is 0 Å². The molecule has 0 radical (unpaired) electrons. The van der Waals surface area contributed by atoms with Gasteiger partial charge in [-0.2, -0.15) is 0 Å². The van der Waals surface area contributed by atoms with Gasteiger partial charge in [-0.1, -0.05) is 28.1 Å². The maximum absolute atomic E-state index is 3.74. The van der Waals surface area contributed by atoms with Gasteiger partial charge in [-0.05, 0) is 69.8 Å². The van der Waals surface area contributed by atoms with Gasteiger partial charge >= 0.3 is 0 Å². The van der Waals surface area contributed by atoms with E-state index in [-0.39, 0.29) is 0 Å². The molecule has 110 valence electrons. The molecule has 3 heteroatoms. The van der Waals surface area contributed by atoms with Crippen LogP contribution >= 0.6 is 15.9 Å². The molecule has 0 spiro atoms. The summed E-state index contributed by atoms with van der Waals surface area (Å²) in [6.45, 7) is 3.44. The molecule has 1 N–H and O–H groups in total. The minimum Gasteiger partial charge on any atom is -0.310 e. The molecule has 2 saturated heterocycles. The van der Waals surface area contributed by atoms with Gasteiger partial charge in [0.05, 0.1) is 0 Å². The molecule has 3 unspecified atom stereocenters. The van der Waals surface area contributed by atoms with Gasteiger partial charge in [0.2, 0.25) is 0 Å². The second-order valence-electron chi connectivity index (χ2n) is 6.57. The predicted octanol–water partition coefficient (Wildman–Crippen LogP) is 3.97. The molecule has 2 heterocycles. The first-order valence-corrected chi connectivity index (χ1v) is 8.63. The summed E-state index contributed by atoms with van der Waals surface area (Å²) in [6, 6.07) is 10.8. The fraction of sp³-hybridized carbons (Fsp3) is 0.647. The zero-order valence-corrected chi connectivity index (χ0v) is 14.1. The Labute approximate surface area is 131 Å². The van der Waals surface area contributed by atoms with E-state index in [0.29, 0.717) is 6.04 Å². The third-order valence-corrected chi connectivity index (χ3v) is 5.81. The molecule has 0 aliphatic carbocycles. The van der Waals surface area contributed by atoms with E-state index in [1.54, 1.807) is 0 Å². The molecule has 2 fully saturated rings. The Kier molecular flexibility index (Phi) is 4.49. The minimum absolute atomic E-state index is 0.445. The average Bonchev–Trinajstić information content (AvgIpc) is 2.66. The van der Waals surface area contributed by atoms with Crippen LogP contribution in [0.4, 0.5) is 0 Å². The van der Waals surface area contributed by atoms with E-state index in [1.807, 2.05) is 0 Å². The summed E-state index contributed by atoms with van der Waals surface area (Å²) in [5.74, 6) is 0.863.